The van der Waals surface area contributed by atoms with Crippen LogP contribution >= 0.6 is 0 Å². The summed E-state index contributed by atoms with van der Waals surface area (Å²) in [6.45, 7) is -0.158. The second-order valence-corrected chi connectivity index (χ2v) is 4.58. The first-order valence-electron chi connectivity index (χ1n) is 6.72. The molecule has 1 aromatic rings. The molecule has 1 rings (SSSR count). The molecule has 0 fully saturated rings. The second-order valence-electron chi connectivity index (χ2n) is 4.58. The number of nitriles is 1. The number of hydrogen-bond acceptors (Lipinski definition) is 4. The summed E-state index contributed by atoms with van der Waals surface area (Å²) in [7, 11) is 0. The predicted molar refractivity (Wildman–Crippen MR) is 77.6 cm³/mol. The average Bonchev–Trinajstić information content (AvgIpc) is 2.51. The molecule has 0 aromatic heterocycles. The smallest absolute Gasteiger partial charge is 0.303 e. The highest BCUT2D eigenvalue weighted by Gasteiger charge is 2.21. The van der Waals surface area contributed by atoms with Gasteiger partial charge in [0.25, 0.3) is 0 Å². The highest BCUT2D eigenvalue weighted by molar-refractivity contribution is 5.88. The molecular weight excluding hydrogens is 286 g/mol. The van der Waals surface area contributed by atoms with Crippen LogP contribution in [0.25, 0.3) is 0 Å². The molecule has 0 heterocycles. The average molecular weight is 303 g/mol. The largest absolute Gasteiger partial charge is 0.481 e. The third-order valence-corrected chi connectivity index (χ3v) is 2.84. The van der Waals surface area contributed by atoms with E-state index in [1.165, 1.54) is 0 Å². The number of carboxylic acids is 1. The van der Waals surface area contributed by atoms with Gasteiger partial charge in [0.05, 0.1) is 12.5 Å². The number of nitrogens with one attached hydrogen (secondary N) is 2. The van der Waals surface area contributed by atoms with E-state index in [1.54, 1.807) is 6.07 Å². The van der Waals surface area contributed by atoms with Crippen LogP contribution in [0.4, 0.5) is 0 Å². The standard InChI is InChI=1S/C15H17N3O4/c16-8-9-17-15(22)12(10-11-4-2-1-3-5-11)18-13(19)6-7-14(20)21/h1-5,12H,6-7,9-10H2,(H,17,22)(H,18,19)(H,20,21). The molecule has 7 heteroatoms. The second kappa shape index (κ2) is 9.13. The number of hydrogen-bond donors (Lipinski definition) is 3. The van der Waals surface area contributed by atoms with Crippen molar-refractivity contribution in [2.45, 2.75) is 25.3 Å². The number of carbonyl (C=O) groups is 3. The van der Waals surface area contributed by atoms with Gasteiger partial charge in [-0.2, -0.15) is 5.26 Å². The molecule has 1 aromatic carbocycles. The van der Waals surface area contributed by atoms with Crippen LogP contribution in [-0.2, 0) is 20.8 Å². The Bertz CT molecular complexity index is 566. The monoisotopic (exact) mass is 303 g/mol. The van der Waals surface area contributed by atoms with E-state index in [2.05, 4.69) is 10.6 Å². The van der Waals surface area contributed by atoms with Crippen LogP contribution in [-0.4, -0.2) is 35.5 Å². The van der Waals surface area contributed by atoms with Crippen molar-refractivity contribution in [2.75, 3.05) is 6.54 Å². The summed E-state index contributed by atoms with van der Waals surface area (Å²) >= 11 is 0. The van der Waals surface area contributed by atoms with Crippen molar-refractivity contribution in [3.63, 3.8) is 0 Å². The number of carbonyl (C=O) groups excluding carboxylic acids is 2. The molecule has 3 N–H and O–H groups in total. The van der Waals surface area contributed by atoms with E-state index in [4.69, 9.17) is 10.4 Å². The molecule has 22 heavy (non-hydrogen) atoms. The summed E-state index contributed by atoms with van der Waals surface area (Å²) in [5.74, 6) is -2.08. The summed E-state index contributed by atoms with van der Waals surface area (Å²) in [5, 5.41) is 22.0. The fraction of sp³-hybridized carbons (Fsp3) is 0.333. The van der Waals surface area contributed by atoms with E-state index in [1.807, 2.05) is 30.3 Å². The van der Waals surface area contributed by atoms with E-state index >= 15 is 0 Å². The summed E-state index contributed by atoms with van der Waals surface area (Å²) in [4.78, 5) is 34.2. The summed E-state index contributed by atoms with van der Waals surface area (Å²) < 4.78 is 0. The molecule has 0 saturated heterocycles. The van der Waals surface area contributed by atoms with Crippen molar-refractivity contribution in [3.05, 3.63) is 35.9 Å². The maximum Gasteiger partial charge on any atom is 0.303 e. The van der Waals surface area contributed by atoms with Crippen molar-refractivity contribution in [1.29, 1.82) is 5.26 Å². The molecule has 0 spiro atoms. The van der Waals surface area contributed by atoms with E-state index in [0.29, 0.717) is 0 Å². The minimum absolute atomic E-state index is 0.158. The van der Waals surface area contributed by atoms with Crippen molar-refractivity contribution in [2.24, 2.45) is 0 Å². The fourth-order valence-electron chi connectivity index (χ4n) is 1.80. The van der Waals surface area contributed by atoms with Crippen LogP contribution in [0.5, 0.6) is 0 Å². The summed E-state index contributed by atoms with van der Waals surface area (Å²) in [5.41, 5.74) is 0.846. The first-order chi connectivity index (χ1) is 10.5. The Morgan fingerprint density at radius 2 is 1.86 bits per heavy atom. The van der Waals surface area contributed by atoms with Gasteiger partial charge in [0.15, 0.2) is 0 Å². The maximum atomic E-state index is 12.0. The molecule has 2 amide bonds. The SMILES string of the molecule is N#CCNC(=O)C(Cc1ccccc1)NC(=O)CCC(=O)O. The highest BCUT2D eigenvalue weighted by Crippen LogP contribution is 2.04. The van der Waals surface area contributed by atoms with Crippen LogP contribution in [0.15, 0.2) is 30.3 Å². The van der Waals surface area contributed by atoms with Gasteiger partial charge in [-0.1, -0.05) is 30.3 Å². The van der Waals surface area contributed by atoms with Gasteiger partial charge in [-0.15, -0.1) is 0 Å². The number of carboxylic acid groups (broad SMARTS) is 1. The first-order valence-corrected chi connectivity index (χ1v) is 6.72. The van der Waals surface area contributed by atoms with Crippen molar-refractivity contribution in [1.82, 2.24) is 10.6 Å². The van der Waals surface area contributed by atoms with E-state index in [-0.39, 0.29) is 25.8 Å². The topological polar surface area (TPSA) is 119 Å². The molecule has 0 bridgehead atoms. The lowest BCUT2D eigenvalue weighted by atomic mass is 10.0. The maximum absolute atomic E-state index is 12.0. The molecule has 0 aliphatic rings. The van der Waals surface area contributed by atoms with E-state index < -0.39 is 23.8 Å². The molecule has 0 aliphatic carbocycles. The number of rotatable bonds is 8. The molecular formula is C15H17N3O4. The zero-order chi connectivity index (χ0) is 16.4. The van der Waals surface area contributed by atoms with Crippen molar-refractivity contribution < 1.29 is 19.5 Å². The molecule has 0 aliphatic heterocycles. The lowest BCUT2D eigenvalue weighted by Gasteiger charge is -2.17. The van der Waals surface area contributed by atoms with Crippen LogP contribution in [0.1, 0.15) is 18.4 Å². The highest BCUT2D eigenvalue weighted by atomic mass is 16.4. The van der Waals surface area contributed by atoms with Gasteiger partial charge < -0.3 is 15.7 Å². The molecule has 7 nitrogen and oxygen atoms in total. The summed E-state index contributed by atoms with van der Waals surface area (Å²) in [6.07, 6.45) is -0.243. The lowest BCUT2D eigenvalue weighted by Crippen LogP contribution is -2.48. The number of benzene rings is 1. The van der Waals surface area contributed by atoms with Crippen molar-refractivity contribution >= 4 is 17.8 Å². The Morgan fingerprint density at radius 1 is 1.18 bits per heavy atom. The Balaban J connectivity index is 2.69. The van der Waals surface area contributed by atoms with Gasteiger partial charge in [0, 0.05) is 12.8 Å². The molecule has 0 saturated carbocycles. The third-order valence-electron chi connectivity index (χ3n) is 2.84. The molecule has 1 atom stereocenters. The Morgan fingerprint density at radius 3 is 2.45 bits per heavy atom. The third kappa shape index (κ3) is 6.52. The Hall–Kier alpha value is -2.88. The zero-order valence-electron chi connectivity index (χ0n) is 11.9. The normalized spacial score (nSPS) is 11.0. The van der Waals surface area contributed by atoms with Crippen LogP contribution in [0.3, 0.4) is 0 Å². The first kappa shape index (κ1) is 17.2. The van der Waals surface area contributed by atoms with Crippen molar-refractivity contribution in [3.8, 4) is 6.07 Å². The van der Waals surface area contributed by atoms with E-state index in [0.717, 1.165) is 5.56 Å². The number of amides is 2. The molecule has 1 unspecified atom stereocenters. The fourth-order valence-corrected chi connectivity index (χ4v) is 1.80. The predicted octanol–water partition coefficient (Wildman–Crippen LogP) is 0.218. The van der Waals surface area contributed by atoms with Gasteiger partial charge >= 0.3 is 5.97 Å². The minimum Gasteiger partial charge on any atom is -0.481 e. The number of aliphatic carboxylic acids is 1. The van der Waals surface area contributed by atoms with E-state index in [9.17, 15) is 14.4 Å². The van der Waals surface area contributed by atoms with Gasteiger partial charge in [-0.05, 0) is 5.56 Å². The Labute approximate surface area is 127 Å². The van der Waals surface area contributed by atoms with Gasteiger partial charge in [0.2, 0.25) is 11.8 Å². The molecule has 0 radical (unpaired) electrons. The van der Waals surface area contributed by atoms with Gasteiger partial charge in [-0.25, -0.2) is 0 Å². The molecule has 116 valence electrons. The van der Waals surface area contributed by atoms with Gasteiger partial charge in [-0.3, -0.25) is 14.4 Å². The van der Waals surface area contributed by atoms with Crippen LogP contribution < -0.4 is 10.6 Å². The van der Waals surface area contributed by atoms with Crippen LogP contribution in [0.2, 0.25) is 0 Å². The Kier molecular flexibility index (Phi) is 7.13. The van der Waals surface area contributed by atoms with Crippen LogP contribution in [0, 0.1) is 11.3 Å². The minimum atomic E-state index is -1.08. The zero-order valence-corrected chi connectivity index (χ0v) is 11.9. The lowest BCUT2D eigenvalue weighted by molar-refractivity contribution is -0.139. The quantitative estimate of drug-likeness (QED) is 0.593. The number of nitrogens with zero attached hydrogens (tertiary/aromatic N) is 1. The summed E-state index contributed by atoms with van der Waals surface area (Å²) in [6, 6.07) is 10.0. The van der Waals surface area contributed by atoms with Gasteiger partial charge in [0.1, 0.15) is 12.6 Å².